The average Bonchev–Trinajstić information content (AvgIpc) is 2.69. The van der Waals surface area contributed by atoms with Gasteiger partial charge in [0.25, 0.3) is 5.91 Å². The van der Waals surface area contributed by atoms with Gasteiger partial charge in [-0.05, 0) is 62.6 Å². The Balaban J connectivity index is 1.54. The zero-order chi connectivity index (χ0) is 21.0. The highest BCUT2D eigenvalue weighted by atomic mass is 19.4. The fraction of sp³-hybridized carbons (Fsp3) is 0.429. The highest BCUT2D eigenvalue weighted by molar-refractivity contribution is 5.94. The molecule has 0 radical (unpaired) electrons. The van der Waals surface area contributed by atoms with E-state index in [9.17, 15) is 18.0 Å². The van der Waals surface area contributed by atoms with Crippen molar-refractivity contribution in [1.29, 1.82) is 0 Å². The van der Waals surface area contributed by atoms with Crippen molar-refractivity contribution in [2.75, 3.05) is 24.6 Å². The quantitative estimate of drug-likeness (QED) is 0.807. The Morgan fingerprint density at radius 3 is 2.52 bits per heavy atom. The molecule has 156 valence electrons. The van der Waals surface area contributed by atoms with Crippen LogP contribution in [0, 0.1) is 6.92 Å². The minimum atomic E-state index is -4.39. The van der Waals surface area contributed by atoms with E-state index >= 15 is 0 Å². The molecule has 3 rings (SSSR count). The second-order valence-electron chi connectivity index (χ2n) is 7.05. The number of halogens is 3. The molecule has 1 aromatic heterocycles. The summed E-state index contributed by atoms with van der Waals surface area (Å²) in [5, 5.41) is 3.04. The van der Waals surface area contributed by atoms with Crippen LogP contribution in [0.2, 0.25) is 0 Å². The number of benzene rings is 1. The van der Waals surface area contributed by atoms with E-state index in [-0.39, 0.29) is 11.9 Å². The number of hydrogen-bond donors (Lipinski definition) is 1. The minimum absolute atomic E-state index is 0.0140. The zero-order valence-electron chi connectivity index (χ0n) is 16.4. The lowest BCUT2D eigenvalue weighted by Crippen LogP contribution is -2.45. The van der Waals surface area contributed by atoms with Crippen LogP contribution in [0.15, 0.2) is 36.5 Å². The van der Waals surface area contributed by atoms with Crippen LogP contribution < -0.4 is 15.0 Å². The molecule has 2 aromatic rings. The Morgan fingerprint density at radius 2 is 1.97 bits per heavy atom. The Hall–Kier alpha value is -2.77. The van der Waals surface area contributed by atoms with Crippen molar-refractivity contribution in [3.63, 3.8) is 0 Å². The van der Waals surface area contributed by atoms with Gasteiger partial charge in [0.15, 0.2) is 0 Å². The summed E-state index contributed by atoms with van der Waals surface area (Å²) < 4.78 is 43.5. The fourth-order valence-electron chi connectivity index (χ4n) is 3.37. The Morgan fingerprint density at radius 1 is 1.24 bits per heavy atom. The summed E-state index contributed by atoms with van der Waals surface area (Å²) in [7, 11) is 0. The van der Waals surface area contributed by atoms with Gasteiger partial charge in [-0.1, -0.05) is 0 Å². The second-order valence-corrected chi connectivity index (χ2v) is 7.05. The van der Waals surface area contributed by atoms with Gasteiger partial charge in [0.05, 0.1) is 12.2 Å². The van der Waals surface area contributed by atoms with E-state index in [0.29, 0.717) is 43.9 Å². The van der Waals surface area contributed by atoms with Crippen LogP contribution in [-0.2, 0) is 6.18 Å². The number of alkyl halides is 3. The van der Waals surface area contributed by atoms with Gasteiger partial charge in [0, 0.05) is 30.9 Å². The van der Waals surface area contributed by atoms with Gasteiger partial charge >= 0.3 is 6.18 Å². The molecule has 0 spiro atoms. The Bertz CT molecular complexity index is 845. The number of piperidine rings is 1. The summed E-state index contributed by atoms with van der Waals surface area (Å²) in [5.74, 6) is 1.15. The van der Waals surface area contributed by atoms with Gasteiger partial charge in [-0.15, -0.1) is 0 Å². The van der Waals surface area contributed by atoms with Crippen LogP contribution in [0.5, 0.6) is 5.75 Å². The van der Waals surface area contributed by atoms with Crippen LogP contribution >= 0.6 is 0 Å². The van der Waals surface area contributed by atoms with Crippen molar-refractivity contribution in [2.24, 2.45) is 0 Å². The van der Waals surface area contributed by atoms with Crippen molar-refractivity contribution in [3.05, 3.63) is 53.2 Å². The predicted molar refractivity (Wildman–Crippen MR) is 104 cm³/mol. The molecule has 29 heavy (non-hydrogen) atoms. The number of rotatable bonds is 5. The number of hydrogen-bond acceptors (Lipinski definition) is 4. The van der Waals surface area contributed by atoms with Crippen molar-refractivity contribution in [2.45, 2.75) is 38.9 Å². The fourth-order valence-corrected chi connectivity index (χ4v) is 3.37. The normalized spacial score (nSPS) is 15.3. The molecular formula is C21H24F3N3O2. The number of aryl methyl sites for hydroxylation is 1. The molecule has 2 heterocycles. The first-order chi connectivity index (χ1) is 13.8. The third-order valence-electron chi connectivity index (χ3n) is 4.97. The Labute approximate surface area is 167 Å². The molecule has 1 fully saturated rings. The third kappa shape index (κ3) is 5.19. The summed E-state index contributed by atoms with van der Waals surface area (Å²) in [6.45, 7) is 5.61. The highest BCUT2D eigenvalue weighted by Gasteiger charge is 2.31. The standard InChI is InChI=1S/C21H24F3N3O2/c1-3-29-18-6-4-15(12-14(18)2)20(28)26-17-8-10-27(11-9-17)19-7-5-16(13-25-19)21(22,23)24/h4-7,12-13,17H,3,8-11H2,1-2H3,(H,26,28). The van der Waals surface area contributed by atoms with Gasteiger partial charge in [-0.2, -0.15) is 13.2 Å². The molecule has 1 aromatic carbocycles. The molecule has 0 bridgehead atoms. The van der Waals surface area contributed by atoms with Crippen molar-refractivity contribution < 1.29 is 22.7 Å². The van der Waals surface area contributed by atoms with Gasteiger partial charge in [-0.25, -0.2) is 4.98 Å². The largest absolute Gasteiger partial charge is 0.494 e. The van der Waals surface area contributed by atoms with Crippen LogP contribution in [0.1, 0.15) is 41.3 Å². The summed E-state index contributed by atoms with van der Waals surface area (Å²) >= 11 is 0. The van der Waals surface area contributed by atoms with Crippen LogP contribution in [0.4, 0.5) is 19.0 Å². The number of nitrogens with zero attached hydrogens (tertiary/aromatic N) is 2. The number of carbonyl (C=O) groups excluding carboxylic acids is 1. The molecule has 0 unspecified atom stereocenters. The van der Waals surface area contributed by atoms with Crippen molar-refractivity contribution in [1.82, 2.24) is 10.3 Å². The number of nitrogens with one attached hydrogen (secondary N) is 1. The average molecular weight is 407 g/mol. The molecular weight excluding hydrogens is 383 g/mol. The molecule has 1 saturated heterocycles. The lowest BCUT2D eigenvalue weighted by molar-refractivity contribution is -0.137. The first-order valence-electron chi connectivity index (χ1n) is 9.60. The smallest absolute Gasteiger partial charge is 0.417 e. The summed E-state index contributed by atoms with van der Waals surface area (Å²) in [6, 6.07) is 7.80. The maximum Gasteiger partial charge on any atom is 0.417 e. The first kappa shape index (κ1) is 21.0. The SMILES string of the molecule is CCOc1ccc(C(=O)NC2CCN(c3ccc(C(F)(F)F)cn3)CC2)cc1C. The maximum atomic E-state index is 12.7. The van der Waals surface area contributed by atoms with Gasteiger partial charge < -0.3 is 15.0 Å². The summed E-state index contributed by atoms with van der Waals surface area (Å²) in [5.41, 5.74) is 0.731. The van der Waals surface area contributed by atoms with Crippen molar-refractivity contribution in [3.8, 4) is 5.75 Å². The molecule has 0 aliphatic carbocycles. The van der Waals surface area contributed by atoms with Gasteiger partial charge in [-0.3, -0.25) is 4.79 Å². The van der Waals surface area contributed by atoms with E-state index in [1.54, 1.807) is 12.1 Å². The van der Waals surface area contributed by atoms with E-state index in [1.165, 1.54) is 6.07 Å². The second kappa shape index (κ2) is 8.71. The first-order valence-corrected chi connectivity index (χ1v) is 9.60. The van der Waals surface area contributed by atoms with E-state index in [0.717, 1.165) is 23.6 Å². The van der Waals surface area contributed by atoms with Gasteiger partial charge in [0.1, 0.15) is 11.6 Å². The van der Waals surface area contributed by atoms with Crippen LogP contribution in [-0.4, -0.2) is 36.6 Å². The molecule has 8 heteroatoms. The monoisotopic (exact) mass is 407 g/mol. The number of aromatic nitrogens is 1. The summed E-state index contributed by atoms with van der Waals surface area (Å²) in [4.78, 5) is 18.4. The number of carbonyl (C=O) groups is 1. The highest BCUT2D eigenvalue weighted by Crippen LogP contribution is 2.30. The maximum absolute atomic E-state index is 12.7. The van der Waals surface area contributed by atoms with Crippen LogP contribution in [0.3, 0.4) is 0 Å². The number of pyridine rings is 1. The lowest BCUT2D eigenvalue weighted by Gasteiger charge is -2.33. The molecule has 0 saturated carbocycles. The minimum Gasteiger partial charge on any atom is -0.494 e. The molecule has 1 aliphatic heterocycles. The van der Waals surface area contributed by atoms with E-state index in [2.05, 4.69) is 10.3 Å². The lowest BCUT2D eigenvalue weighted by atomic mass is 10.0. The Kier molecular flexibility index (Phi) is 6.30. The molecule has 1 N–H and O–H groups in total. The number of anilines is 1. The third-order valence-corrected chi connectivity index (χ3v) is 4.97. The number of ether oxygens (including phenoxy) is 1. The molecule has 0 atom stereocenters. The topological polar surface area (TPSA) is 54.5 Å². The predicted octanol–water partition coefficient (Wildman–Crippen LogP) is 4.21. The van der Waals surface area contributed by atoms with E-state index in [1.807, 2.05) is 24.8 Å². The van der Waals surface area contributed by atoms with Gasteiger partial charge in [0.2, 0.25) is 0 Å². The molecule has 5 nitrogen and oxygen atoms in total. The van der Waals surface area contributed by atoms with Crippen LogP contribution in [0.25, 0.3) is 0 Å². The molecule has 1 aliphatic rings. The zero-order valence-corrected chi connectivity index (χ0v) is 16.4. The van der Waals surface area contributed by atoms with E-state index in [4.69, 9.17) is 4.74 Å². The summed E-state index contributed by atoms with van der Waals surface area (Å²) in [6.07, 6.45) is -2.13. The van der Waals surface area contributed by atoms with E-state index < -0.39 is 11.7 Å². The number of amides is 1. The van der Waals surface area contributed by atoms with Crippen molar-refractivity contribution >= 4 is 11.7 Å². The molecule has 1 amide bonds.